The van der Waals surface area contributed by atoms with Gasteiger partial charge in [-0.25, -0.2) is 0 Å². The van der Waals surface area contributed by atoms with E-state index in [0.29, 0.717) is 6.42 Å². The van der Waals surface area contributed by atoms with Crippen LogP contribution in [0.15, 0.2) is 12.2 Å². The van der Waals surface area contributed by atoms with Gasteiger partial charge in [0, 0.05) is 6.42 Å². The van der Waals surface area contributed by atoms with Crippen LogP contribution in [0.2, 0.25) is 0 Å². The summed E-state index contributed by atoms with van der Waals surface area (Å²) < 4.78 is 5.60. The quantitative estimate of drug-likeness (QED) is 0.362. The van der Waals surface area contributed by atoms with Gasteiger partial charge < -0.3 is 4.74 Å². The lowest BCUT2D eigenvalue weighted by Crippen LogP contribution is -2.16. The second-order valence-corrected chi connectivity index (χ2v) is 5.97. The van der Waals surface area contributed by atoms with Gasteiger partial charge >= 0.3 is 5.97 Å². The van der Waals surface area contributed by atoms with E-state index in [9.17, 15) is 4.79 Å². The lowest BCUT2D eigenvalue weighted by molar-refractivity contribution is -0.147. The van der Waals surface area contributed by atoms with Crippen LogP contribution in [0.25, 0.3) is 0 Å². The van der Waals surface area contributed by atoms with Crippen molar-refractivity contribution in [1.82, 2.24) is 0 Å². The molecule has 20 heavy (non-hydrogen) atoms. The molecule has 0 spiro atoms. The molecule has 0 fully saturated rings. The number of ether oxygens (including phenoxy) is 1. The van der Waals surface area contributed by atoms with E-state index in [-0.39, 0.29) is 12.1 Å². The van der Waals surface area contributed by atoms with Crippen molar-refractivity contribution in [2.45, 2.75) is 96.5 Å². The van der Waals surface area contributed by atoms with Crippen molar-refractivity contribution in [3.05, 3.63) is 12.2 Å². The lowest BCUT2D eigenvalue weighted by atomic mass is 10.1. The van der Waals surface area contributed by atoms with E-state index >= 15 is 0 Å². The average Bonchev–Trinajstić information content (AvgIpc) is 2.43. The topological polar surface area (TPSA) is 26.3 Å². The molecule has 2 nitrogen and oxygen atoms in total. The predicted octanol–water partition coefficient (Wildman–Crippen LogP) is 5.56. The van der Waals surface area contributed by atoms with Crippen molar-refractivity contribution in [2.75, 3.05) is 0 Å². The van der Waals surface area contributed by atoms with Crippen molar-refractivity contribution in [2.24, 2.45) is 0 Å². The van der Waals surface area contributed by atoms with Gasteiger partial charge in [0.05, 0.1) is 0 Å². The van der Waals surface area contributed by atoms with Gasteiger partial charge in [0.15, 0.2) is 0 Å². The Morgan fingerprint density at radius 2 is 1.80 bits per heavy atom. The third kappa shape index (κ3) is 9.17. The van der Waals surface area contributed by atoms with Gasteiger partial charge in [0.2, 0.25) is 0 Å². The number of cyclic esters (lactones) is 1. The van der Waals surface area contributed by atoms with Gasteiger partial charge in [0.1, 0.15) is 6.10 Å². The summed E-state index contributed by atoms with van der Waals surface area (Å²) >= 11 is 0. The highest BCUT2D eigenvalue weighted by atomic mass is 16.5. The zero-order valence-electron chi connectivity index (χ0n) is 13.2. The van der Waals surface area contributed by atoms with Gasteiger partial charge in [-0.3, -0.25) is 4.79 Å². The standard InChI is InChI=1S/C18H32O2/c1-2-3-4-8-11-14-17-15-12-9-6-5-7-10-13-16-18(19)20-17/h12,15,17H,2-11,13-14,16H2,1H3. The summed E-state index contributed by atoms with van der Waals surface area (Å²) in [7, 11) is 0. The van der Waals surface area contributed by atoms with Gasteiger partial charge in [-0.15, -0.1) is 0 Å². The number of carbonyl (C=O) groups is 1. The average molecular weight is 280 g/mol. The SMILES string of the molecule is CCCCCCCC1C=CCCCCCCCC(=O)O1. The number of unbranched alkanes of at least 4 members (excludes halogenated alkanes) is 4. The van der Waals surface area contributed by atoms with Crippen LogP contribution in [0.4, 0.5) is 0 Å². The second-order valence-electron chi connectivity index (χ2n) is 5.97. The highest BCUT2D eigenvalue weighted by molar-refractivity contribution is 5.69. The number of hydrogen-bond acceptors (Lipinski definition) is 2. The first-order valence-electron chi connectivity index (χ1n) is 8.69. The van der Waals surface area contributed by atoms with Crippen molar-refractivity contribution < 1.29 is 9.53 Å². The molecule has 1 heterocycles. The third-order valence-corrected chi connectivity index (χ3v) is 3.98. The molecule has 116 valence electrons. The van der Waals surface area contributed by atoms with Crippen molar-refractivity contribution in [3.63, 3.8) is 0 Å². The highest BCUT2D eigenvalue weighted by Gasteiger charge is 2.11. The number of allylic oxidation sites excluding steroid dienone is 1. The van der Waals surface area contributed by atoms with Gasteiger partial charge in [-0.2, -0.15) is 0 Å². The van der Waals surface area contributed by atoms with E-state index in [2.05, 4.69) is 19.1 Å². The molecule has 0 aromatic heterocycles. The number of carbonyl (C=O) groups excluding carboxylic acids is 1. The minimum atomic E-state index is -0.00576. The molecule has 0 radical (unpaired) electrons. The van der Waals surface area contributed by atoms with Crippen molar-refractivity contribution >= 4 is 5.97 Å². The van der Waals surface area contributed by atoms with Crippen LogP contribution in [0.5, 0.6) is 0 Å². The summed E-state index contributed by atoms with van der Waals surface area (Å²) in [6, 6.07) is 0. The van der Waals surface area contributed by atoms with Crippen LogP contribution in [-0.4, -0.2) is 12.1 Å². The highest BCUT2D eigenvalue weighted by Crippen LogP contribution is 2.15. The van der Waals surface area contributed by atoms with E-state index in [1.54, 1.807) is 0 Å². The molecule has 1 rings (SSSR count). The molecule has 1 unspecified atom stereocenters. The van der Waals surface area contributed by atoms with E-state index in [4.69, 9.17) is 4.74 Å². The fourth-order valence-corrected chi connectivity index (χ4v) is 2.68. The Labute approximate surface area is 125 Å². The molecule has 0 N–H and O–H groups in total. The van der Waals surface area contributed by atoms with Crippen LogP contribution in [0.1, 0.15) is 90.4 Å². The summed E-state index contributed by atoms with van der Waals surface area (Å²) in [5.74, 6) is -0.00576. The smallest absolute Gasteiger partial charge is 0.306 e. The van der Waals surface area contributed by atoms with Crippen LogP contribution < -0.4 is 0 Å². The molecule has 1 atom stereocenters. The molecule has 0 aliphatic carbocycles. The van der Waals surface area contributed by atoms with Crippen LogP contribution >= 0.6 is 0 Å². The Morgan fingerprint density at radius 3 is 2.65 bits per heavy atom. The first-order valence-corrected chi connectivity index (χ1v) is 8.69. The Balaban J connectivity index is 2.33. The zero-order chi connectivity index (χ0) is 14.5. The molecule has 0 aromatic rings. The first kappa shape index (κ1) is 17.3. The first-order chi connectivity index (χ1) is 9.83. The second kappa shape index (κ2) is 12.0. The zero-order valence-corrected chi connectivity index (χ0v) is 13.2. The number of hydrogen-bond donors (Lipinski definition) is 0. The molecule has 0 saturated carbocycles. The maximum atomic E-state index is 11.8. The Hall–Kier alpha value is -0.790. The normalized spacial score (nSPS) is 21.9. The van der Waals surface area contributed by atoms with Crippen molar-refractivity contribution in [3.8, 4) is 0 Å². The van der Waals surface area contributed by atoms with E-state index in [0.717, 1.165) is 19.3 Å². The van der Waals surface area contributed by atoms with Crippen LogP contribution in [0, 0.1) is 0 Å². The summed E-state index contributed by atoms with van der Waals surface area (Å²) in [4.78, 5) is 11.8. The van der Waals surface area contributed by atoms with Crippen molar-refractivity contribution in [1.29, 1.82) is 0 Å². The summed E-state index contributed by atoms with van der Waals surface area (Å²) in [5, 5.41) is 0. The van der Waals surface area contributed by atoms with Gasteiger partial charge in [-0.05, 0) is 38.2 Å². The molecular formula is C18H32O2. The molecule has 0 bridgehead atoms. The molecular weight excluding hydrogens is 248 g/mol. The molecule has 0 amide bonds. The minimum Gasteiger partial charge on any atom is -0.458 e. The Bertz CT molecular complexity index is 271. The molecule has 0 saturated heterocycles. The maximum absolute atomic E-state index is 11.8. The van der Waals surface area contributed by atoms with Gasteiger partial charge in [-0.1, -0.05) is 57.9 Å². The van der Waals surface area contributed by atoms with Gasteiger partial charge in [0.25, 0.3) is 0 Å². The lowest BCUT2D eigenvalue weighted by Gasteiger charge is -2.15. The Kier molecular flexibility index (Phi) is 10.3. The Morgan fingerprint density at radius 1 is 1.05 bits per heavy atom. The number of rotatable bonds is 6. The molecule has 1 aliphatic heterocycles. The summed E-state index contributed by atoms with van der Waals surface area (Å²) in [5.41, 5.74) is 0. The van der Waals surface area contributed by atoms with E-state index < -0.39 is 0 Å². The summed E-state index contributed by atoms with van der Waals surface area (Å²) in [6.07, 6.45) is 19.4. The monoisotopic (exact) mass is 280 g/mol. The third-order valence-electron chi connectivity index (χ3n) is 3.98. The number of esters is 1. The van der Waals surface area contributed by atoms with E-state index in [1.165, 1.54) is 57.8 Å². The maximum Gasteiger partial charge on any atom is 0.306 e. The minimum absolute atomic E-state index is 0.00576. The van der Waals surface area contributed by atoms with Crippen LogP contribution in [-0.2, 0) is 9.53 Å². The molecule has 2 heteroatoms. The molecule has 0 aromatic carbocycles. The van der Waals surface area contributed by atoms with Crippen LogP contribution in [0.3, 0.4) is 0 Å². The fraction of sp³-hybridized carbons (Fsp3) is 0.833. The predicted molar refractivity (Wildman–Crippen MR) is 84.7 cm³/mol. The molecule has 1 aliphatic rings. The fourth-order valence-electron chi connectivity index (χ4n) is 2.68. The largest absolute Gasteiger partial charge is 0.458 e. The summed E-state index contributed by atoms with van der Waals surface area (Å²) in [6.45, 7) is 2.23. The van der Waals surface area contributed by atoms with E-state index in [1.807, 2.05) is 0 Å².